The van der Waals surface area contributed by atoms with Crippen molar-refractivity contribution in [1.29, 1.82) is 0 Å². The molecule has 0 amide bonds. The van der Waals surface area contributed by atoms with Gasteiger partial charge in [-0.3, -0.25) is 0 Å². The van der Waals surface area contributed by atoms with Crippen LogP contribution >= 0.6 is 11.8 Å². The van der Waals surface area contributed by atoms with Gasteiger partial charge in [-0.1, -0.05) is 6.92 Å². The lowest BCUT2D eigenvalue weighted by molar-refractivity contribution is -0.135. The van der Waals surface area contributed by atoms with E-state index in [1.54, 1.807) is 11.8 Å². The summed E-state index contributed by atoms with van der Waals surface area (Å²) < 4.78 is 35.3. The van der Waals surface area contributed by atoms with Crippen molar-refractivity contribution in [3.05, 3.63) is 0 Å². The van der Waals surface area contributed by atoms with Gasteiger partial charge in [0.1, 0.15) is 0 Å². The Morgan fingerprint density at radius 3 is 2.50 bits per heavy atom. The van der Waals surface area contributed by atoms with Crippen LogP contribution in [0.25, 0.3) is 0 Å². The molecule has 0 aromatic heterocycles. The van der Waals surface area contributed by atoms with E-state index in [4.69, 9.17) is 0 Å². The molecule has 0 aliphatic rings. The molecular weight excluding hydrogens is 211 g/mol. The van der Waals surface area contributed by atoms with Gasteiger partial charge < -0.3 is 5.32 Å². The van der Waals surface area contributed by atoms with Crippen molar-refractivity contribution >= 4 is 11.8 Å². The molecule has 1 N–H and O–H groups in total. The molecule has 0 aromatic rings. The first-order valence-electron chi connectivity index (χ1n) is 4.83. The minimum absolute atomic E-state index is 0.171. The van der Waals surface area contributed by atoms with E-state index in [1.165, 1.54) is 0 Å². The molecule has 1 unspecified atom stereocenters. The van der Waals surface area contributed by atoms with Crippen LogP contribution < -0.4 is 5.32 Å². The van der Waals surface area contributed by atoms with Crippen LogP contribution in [0.3, 0.4) is 0 Å². The number of hydrogen-bond acceptors (Lipinski definition) is 2. The van der Waals surface area contributed by atoms with Gasteiger partial charge >= 0.3 is 6.18 Å². The van der Waals surface area contributed by atoms with Gasteiger partial charge in [0.2, 0.25) is 0 Å². The second-order valence-electron chi connectivity index (χ2n) is 3.23. The van der Waals surface area contributed by atoms with E-state index in [0.717, 1.165) is 11.5 Å². The monoisotopic (exact) mass is 229 g/mol. The Bertz CT molecular complexity index is 139. The number of alkyl halides is 3. The third-order valence-corrected chi connectivity index (χ3v) is 2.85. The minimum atomic E-state index is -4.01. The molecule has 0 bridgehead atoms. The maximum absolute atomic E-state index is 11.8. The Kier molecular flexibility index (Phi) is 7.45. The second-order valence-corrected chi connectivity index (χ2v) is 4.55. The summed E-state index contributed by atoms with van der Waals surface area (Å²) in [6.07, 6.45) is -4.53. The zero-order valence-corrected chi connectivity index (χ0v) is 9.47. The van der Waals surface area contributed by atoms with Crippen LogP contribution in [0, 0.1) is 0 Å². The maximum Gasteiger partial charge on any atom is 0.389 e. The van der Waals surface area contributed by atoms with Gasteiger partial charge in [0.25, 0.3) is 0 Å². The van der Waals surface area contributed by atoms with Crippen molar-refractivity contribution in [1.82, 2.24) is 5.32 Å². The van der Waals surface area contributed by atoms with Crippen molar-refractivity contribution in [3.8, 4) is 0 Å². The molecule has 1 atom stereocenters. The van der Waals surface area contributed by atoms with E-state index in [1.807, 2.05) is 6.92 Å². The molecule has 0 aliphatic carbocycles. The zero-order valence-electron chi connectivity index (χ0n) is 8.66. The van der Waals surface area contributed by atoms with Crippen LogP contribution in [0.2, 0.25) is 0 Å². The molecule has 0 saturated carbocycles. The number of nitrogens with one attached hydrogen (secondary N) is 1. The summed E-state index contributed by atoms with van der Waals surface area (Å²) in [5.74, 6) is 2.01. The first-order valence-corrected chi connectivity index (χ1v) is 5.99. The molecule has 86 valence electrons. The van der Waals surface area contributed by atoms with E-state index in [-0.39, 0.29) is 6.42 Å². The molecule has 0 fully saturated rings. The molecule has 5 heteroatoms. The number of hydrogen-bond donors (Lipinski definition) is 1. The summed E-state index contributed by atoms with van der Waals surface area (Å²) in [6, 6.07) is 0.299. The minimum Gasteiger partial charge on any atom is -0.313 e. The average molecular weight is 229 g/mol. The Morgan fingerprint density at radius 1 is 1.36 bits per heavy atom. The smallest absolute Gasteiger partial charge is 0.313 e. The molecule has 14 heavy (non-hydrogen) atoms. The predicted octanol–water partition coefficient (Wildman–Crippen LogP) is 3.06. The number of rotatable bonds is 7. The maximum atomic E-state index is 11.8. The van der Waals surface area contributed by atoms with Crippen molar-refractivity contribution in [2.24, 2.45) is 0 Å². The van der Waals surface area contributed by atoms with Gasteiger partial charge in [0.05, 0.1) is 0 Å². The van der Waals surface area contributed by atoms with E-state index in [9.17, 15) is 13.2 Å². The summed E-state index contributed by atoms with van der Waals surface area (Å²) in [6.45, 7) is 4.52. The van der Waals surface area contributed by atoms with Gasteiger partial charge in [-0.2, -0.15) is 24.9 Å². The normalized spacial score (nSPS) is 14.4. The average Bonchev–Trinajstić information content (AvgIpc) is 2.07. The van der Waals surface area contributed by atoms with Crippen LogP contribution in [-0.4, -0.2) is 30.3 Å². The van der Waals surface area contributed by atoms with Crippen molar-refractivity contribution in [3.63, 3.8) is 0 Å². The highest BCUT2D eigenvalue weighted by molar-refractivity contribution is 7.99. The highest BCUT2D eigenvalue weighted by atomic mass is 32.2. The second kappa shape index (κ2) is 7.40. The van der Waals surface area contributed by atoms with E-state index >= 15 is 0 Å². The SMILES string of the molecule is CCSCC(C)NCCCC(F)(F)F. The summed E-state index contributed by atoms with van der Waals surface area (Å²) in [5, 5.41) is 3.07. The Morgan fingerprint density at radius 2 is 2.00 bits per heavy atom. The molecule has 1 nitrogen and oxygen atoms in total. The fourth-order valence-corrected chi connectivity index (χ4v) is 1.70. The standard InChI is InChI=1S/C9H18F3NS/c1-3-14-7-8(2)13-6-4-5-9(10,11)12/h8,13H,3-7H2,1-2H3. The molecule has 0 radical (unpaired) electrons. The lowest BCUT2D eigenvalue weighted by Crippen LogP contribution is -2.29. The van der Waals surface area contributed by atoms with E-state index in [2.05, 4.69) is 12.2 Å². The van der Waals surface area contributed by atoms with Crippen molar-refractivity contribution in [2.75, 3.05) is 18.1 Å². The van der Waals surface area contributed by atoms with Crippen LogP contribution in [0.1, 0.15) is 26.7 Å². The Hall–Kier alpha value is 0.100. The highest BCUT2D eigenvalue weighted by Gasteiger charge is 2.25. The van der Waals surface area contributed by atoms with Gasteiger partial charge in [0, 0.05) is 18.2 Å². The largest absolute Gasteiger partial charge is 0.389 e. The first-order chi connectivity index (χ1) is 6.45. The van der Waals surface area contributed by atoms with Crippen molar-refractivity contribution in [2.45, 2.75) is 38.9 Å². The van der Waals surface area contributed by atoms with Crippen LogP contribution in [0.15, 0.2) is 0 Å². The van der Waals surface area contributed by atoms with Gasteiger partial charge in [0.15, 0.2) is 0 Å². The summed E-state index contributed by atoms with van der Waals surface area (Å²) in [5.41, 5.74) is 0. The van der Waals surface area contributed by atoms with E-state index < -0.39 is 12.6 Å². The third kappa shape index (κ3) is 10.2. The molecule has 0 rings (SSSR count). The molecular formula is C9H18F3NS. The summed E-state index contributed by atoms with van der Waals surface area (Å²) in [4.78, 5) is 0. The molecule has 0 saturated heterocycles. The first kappa shape index (κ1) is 14.1. The van der Waals surface area contributed by atoms with E-state index in [0.29, 0.717) is 12.6 Å². The van der Waals surface area contributed by atoms with Crippen LogP contribution in [0.5, 0.6) is 0 Å². The van der Waals surface area contributed by atoms with Gasteiger partial charge in [-0.25, -0.2) is 0 Å². The van der Waals surface area contributed by atoms with Crippen LogP contribution in [-0.2, 0) is 0 Å². The fraction of sp³-hybridized carbons (Fsp3) is 1.00. The zero-order chi connectivity index (χ0) is 11.0. The topological polar surface area (TPSA) is 12.0 Å². The quantitative estimate of drug-likeness (QED) is 0.673. The number of halogens is 3. The molecule has 0 aromatic carbocycles. The fourth-order valence-electron chi connectivity index (χ4n) is 0.991. The highest BCUT2D eigenvalue weighted by Crippen LogP contribution is 2.20. The number of thioether (sulfide) groups is 1. The molecule has 0 aliphatic heterocycles. The summed E-state index contributed by atoms with van der Waals surface area (Å²) >= 11 is 1.80. The predicted molar refractivity (Wildman–Crippen MR) is 55.8 cm³/mol. The Balaban J connectivity index is 3.27. The lowest BCUT2D eigenvalue weighted by atomic mass is 10.3. The van der Waals surface area contributed by atoms with Gasteiger partial charge in [-0.05, 0) is 25.6 Å². The summed E-state index contributed by atoms with van der Waals surface area (Å²) in [7, 11) is 0. The van der Waals surface area contributed by atoms with Gasteiger partial charge in [-0.15, -0.1) is 0 Å². The third-order valence-electron chi connectivity index (χ3n) is 1.70. The van der Waals surface area contributed by atoms with Crippen LogP contribution in [0.4, 0.5) is 13.2 Å². The molecule has 0 heterocycles. The van der Waals surface area contributed by atoms with Crippen molar-refractivity contribution < 1.29 is 13.2 Å². The lowest BCUT2D eigenvalue weighted by Gasteiger charge is -2.13. The molecule has 0 spiro atoms. The Labute approximate surface area is 87.8 Å².